The van der Waals surface area contributed by atoms with Gasteiger partial charge in [0.25, 0.3) is 0 Å². The number of aromatic nitrogens is 1. The summed E-state index contributed by atoms with van der Waals surface area (Å²) in [4.78, 5) is 15.2. The van der Waals surface area contributed by atoms with Gasteiger partial charge in [0, 0.05) is 0 Å². The summed E-state index contributed by atoms with van der Waals surface area (Å²) in [5, 5.41) is 9.10. The fourth-order valence-electron chi connectivity index (χ4n) is 1.44. The normalized spacial score (nSPS) is 11.3. The van der Waals surface area contributed by atoms with Gasteiger partial charge >= 0.3 is 5.97 Å². The number of aliphatic carboxylic acids is 1. The minimum Gasteiger partial charge on any atom is -0.484 e. The minimum atomic E-state index is -1.07. The number of hydrogen-bond acceptors (Lipinski definition) is 4. The lowest BCUT2D eigenvalue weighted by atomic mass is 9.90. The van der Waals surface area contributed by atoms with Crippen LogP contribution in [0, 0.1) is 0 Å². The third-order valence-electron chi connectivity index (χ3n) is 2.83. The number of para-hydroxylation sites is 1. The average molecular weight is 261 g/mol. The molecule has 2 rings (SSSR count). The molecule has 1 aromatic heterocycles. The summed E-state index contributed by atoms with van der Waals surface area (Å²) in [6.07, 6.45) is 1.36. The molecular weight excluding hydrogens is 246 g/mol. The van der Waals surface area contributed by atoms with E-state index < -0.39 is 11.4 Å². The van der Waals surface area contributed by atoms with E-state index in [-0.39, 0.29) is 6.61 Å². The van der Waals surface area contributed by atoms with E-state index in [2.05, 4.69) is 4.98 Å². The van der Waals surface area contributed by atoms with Crippen LogP contribution in [-0.4, -0.2) is 16.1 Å². The van der Waals surface area contributed by atoms with Crippen LogP contribution in [0.25, 0.3) is 0 Å². The summed E-state index contributed by atoms with van der Waals surface area (Å²) in [6, 6.07) is 9.27. The second-order valence-corrected chi connectivity index (χ2v) is 4.66. The molecule has 0 unspecified atom stereocenters. The molecule has 1 N–H and O–H groups in total. The molecule has 19 heavy (non-hydrogen) atoms. The number of carboxylic acid groups (broad SMARTS) is 1. The van der Waals surface area contributed by atoms with Crippen LogP contribution in [0.5, 0.6) is 5.75 Å². The molecule has 0 radical (unpaired) electrons. The van der Waals surface area contributed by atoms with E-state index in [0.717, 1.165) is 0 Å². The summed E-state index contributed by atoms with van der Waals surface area (Å²) in [5.41, 5.74) is -0.694. The van der Waals surface area contributed by atoms with Crippen LogP contribution >= 0.6 is 0 Å². The van der Waals surface area contributed by atoms with E-state index in [1.165, 1.54) is 6.26 Å². The highest BCUT2D eigenvalue weighted by Gasteiger charge is 2.32. The molecular formula is C14H15NO4. The number of oxazole rings is 1. The van der Waals surface area contributed by atoms with Crippen LogP contribution in [0.1, 0.15) is 25.4 Å². The monoisotopic (exact) mass is 261 g/mol. The summed E-state index contributed by atoms with van der Waals surface area (Å²) in [5.74, 6) is 0.115. The Hall–Kier alpha value is -2.30. The maximum absolute atomic E-state index is 11.1. The van der Waals surface area contributed by atoms with E-state index in [0.29, 0.717) is 17.3 Å². The number of carboxylic acids is 1. The zero-order chi connectivity index (χ0) is 13.9. The van der Waals surface area contributed by atoms with Gasteiger partial charge in [-0.2, -0.15) is 0 Å². The summed E-state index contributed by atoms with van der Waals surface area (Å²) >= 11 is 0. The quantitative estimate of drug-likeness (QED) is 0.895. The molecule has 0 amide bonds. The van der Waals surface area contributed by atoms with Crippen molar-refractivity contribution in [1.82, 2.24) is 4.98 Å². The minimum absolute atomic E-state index is 0.166. The number of carbonyl (C=O) groups is 1. The molecule has 0 spiro atoms. The van der Waals surface area contributed by atoms with Crippen molar-refractivity contribution in [2.45, 2.75) is 25.9 Å². The predicted molar refractivity (Wildman–Crippen MR) is 67.9 cm³/mol. The lowest BCUT2D eigenvalue weighted by Gasteiger charge is -2.14. The third kappa shape index (κ3) is 2.93. The second kappa shape index (κ2) is 5.14. The van der Waals surface area contributed by atoms with Gasteiger partial charge < -0.3 is 14.3 Å². The molecule has 0 saturated heterocycles. The number of rotatable bonds is 5. The Kier molecular flexibility index (Phi) is 3.55. The van der Waals surface area contributed by atoms with Gasteiger partial charge in [-0.15, -0.1) is 0 Å². The highest BCUT2D eigenvalue weighted by atomic mass is 16.5. The molecule has 5 heteroatoms. The molecule has 1 heterocycles. The lowest BCUT2D eigenvalue weighted by molar-refractivity contribution is -0.142. The molecule has 100 valence electrons. The SMILES string of the molecule is CC(C)(C(=O)O)c1coc(COc2ccccc2)n1. The first-order valence-electron chi connectivity index (χ1n) is 5.86. The standard InChI is InChI=1S/C14H15NO4/c1-14(2,13(16)17)11-8-19-12(15-11)9-18-10-6-4-3-5-7-10/h3-8H,9H2,1-2H3,(H,16,17). The van der Waals surface area contributed by atoms with Gasteiger partial charge in [-0.3, -0.25) is 4.79 Å². The van der Waals surface area contributed by atoms with Gasteiger partial charge in [-0.05, 0) is 26.0 Å². The van der Waals surface area contributed by atoms with Gasteiger partial charge in [0.05, 0.1) is 5.69 Å². The first-order chi connectivity index (χ1) is 9.00. The first-order valence-corrected chi connectivity index (χ1v) is 5.86. The summed E-state index contributed by atoms with van der Waals surface area (Å²) < 4.78 is 10.7. The smallest absolute Gasteiger partial charge is 0.315 e. The fourth-order valence-corrected chi connectivity index (χ4v) is 1.44. The van der Waals surface area contributed by atoms with Crippen LogP contribution in [0.4, 0.5) is 0 Å². The third-order valence-corrected chi connectivity index (χ3v) is 2.83. The van der Waals surface area contributed by atoms with Crippen molar-refractivity contribution in [3.8, 4) is 5.75 Å². The van der Waals surface area contributed by atoms with Crippen molar-refractivity contribution in [1.29, 1.82) is 0 Å². The highest BCUT2D eigenvalue weighted by molar-refractivity contribution is 5.79. The average Bonchev–Trinajstić information content (AvgIpc) is 2.87. The molecule has 2 aromatic rings. The van der Waals surface area contributed by atoms with Gasteiger partial charge in [-0.25, -0.2) is 4.98 Å². The van der Waals surface area contributed by atoms with Crippen molar-refractivity contribution in [3.63, 3.8) is 0 Å². The van der Waals surface area contributed by atoms with Gasteiger partial charge in [0.2, 0.25) is 5.89 Å². The molecule has 0 aliphatic heterocycles. The number of benzene rings is 1. The zero-order valence-electron chi connectivity index (χ0n) is 10.8. The summed E-state index contributed by atoms with van der Waals surface area (Å²) in [6.45, 7) is 3.32. The molecule has 5 nitrogen and oxygen atoms in total. The van der Waals surface area contributed by atoms with Crippen LogP contribution in [0.15, 0.2) is 41.0 Å². The zero-order valence-corrected chi connectivity index (χ0v) is 10.8. The van der Waals surface area contributed by atoms with Gasteiger partial charge in [0.1, 0.15) is 17.4 Å². The Morgan fingerprint density at radius 1 is 1.37 bits per heavy atom. The van der Waals surface area contributed by atoms with Crippen molar-refractivity contribution >= 4 is 5.97 Å². The van der Waals surface area contributed by atoms with Crippen molar-refractivity contribution in [2.24, 2.45) is 0 Å². The molecule has 0 aliphatic rings. The van der Waals surface area contributed by atoms with E-state index in [9.17, 15) is 4.79 Å². The Bertz CT molecular complexity index is 560. The number of nitrogens with zero attached hydrogens (tertiary/aromatic N) is 1. The topological polar surface area (TPSA) is 72.6 Å². The van der Waals surface area contributed by atoms with Crippen LogP contribution < -0.4 is 4.74 Å². The van der Waals surface area contributed by atoms with E-state index in [4.69, 9.17) is 14.3 Å². The number of hydrogen-bond donors (Lipinski definition) is 1. The Morgan fingerprint density at radius 3 is 2.68 bits per heavy atom. The first kappa shape index (κ1) is 13.1. The molecule has 0 fully saturated rings. The number of ether oxygens (including phenoxy) is 1. The Labute approximate surface area is 110 Å². The van der Waals surface area contributed by atoms with Crippen LogP contribution in [0.3, 0.4) is 0 Å². The van der Waals surface area contributed by atoms with E-state index in [1.807, 2.05) is 30.3 Å². The molecule has 0 atom stereocenters. The Balaban J connectivity index is 2.04. The molecule has 0 bridgehead atoms. The molecule has 0 saturated carbocycles. The predicted octanol–water partition coefficient (Wildman–Crippen LogP) is 2.62. The van der Waals surface area contributed by atoms with Crippen molar-refractivity contribution in [2.75, 3.05) is 0 Å². The van der Waals surface area contributed by atoms with Crippen LogP contribution in [0.2, 0.25) is 0 Å². The second-order valence-electron chi connectivity index (χ2n) is 4.66. The molecule has 1 aromatic carbocycles. The maximum atomic E-state index is 11.1. The lowest BCUT2D eigenvalue weighted by Crippen LogP contribution is -2.28. The highest BCUT2D eigenvalue weighted by Crippen LogP contribution is 2.23. The maximum Gasteiger partial charge on any atom is 0.315 e. The Morgan fingerprint density at radius 2 is 2.05 bits per heavy atom. The summed E-state index contributed by atoms with van der Waals surface area (Å²) in [7, 11) is 0. The van der Waals surface area contributed by atoms with Gasteiger partial charge in [0.15, 0.2) is 6.61 Å². The molecule has 0 aliphatic carbocycles. The van der Waals surface area contributed by atoms with Crippen molar-refractivity contribution < 1.29 is 19.1 Å². The largest absolute Gasteiger partial charge is 0.484 e. The van der Waals surface area contributed by atoms with Crippen LogP contribution in [-0.2, 0) is 16.8 Å². The fraction of sp³-hybridized carbons (Fsp3) is 0.286. The van der Waals surface area contributed by atoms with E-state index >= 15 is 0 Å². The van der Waals surface area contributed by atoms with Crippen molar-refractivity contribution in [3.05, 3.63) is 48.2 Å². The van der Waals surface area contributed by atoms with Gasteiger partial charge in [-0.1, -0.05) is 18.2 Å². The van der Waals surface area contributed by atoms with E-state index in [1.54, 1.807) is 13.8 Å².